The number of anilines is 1. The second-order valence-electron chi connectivity index (χ2n) is 12.6. The van der Waals surface area contributed by atoms with E-state index in [1.165, 1.54) is 94.0 Å². The minimum absolute atomic E-state index is 0.187. The van der Waals surface area contributed by atoms with Crippen LogP contribution in [0.3, 0.4) is 0 Å². The predicted molar refractivity (Wildman–Crippen MR) is 157 cm³/mol. The number of hydrogen-bond donors (Lipinski definition) is 1. The largest absolute Gasteiger partial charge is 0.371 e. The van der Waals surface area contributed by atoms with Gasteiger partial charge in [0.05, 0.1) is 0 Å². The van der Waals surface area contributed by atoms with Crippen molar-refractivity contribution in [3.63, 3.8) is 0 Å². The maximum atomic E-state index is 13.7. The number of benzene rings is 2. The van der Waals surface area contributed by atoms with E-state index in [-0.39, 0.29) is 5.82 Å². The third-order valence-electron chi connectivity index (χ3n) is 10.1. The molecule has 3 fully saturated rings. The summed E-state index contributed by atoms with van der Waals surface area (Å²) in [6.07, 6.45) is 9.64. The van der Waals surface area contributed by atoms with Gasteiger partial charge in [-0.1, -0.05) is 6.07 Å². The number of nitrogens with one attached hydrogen (secondary N) is 1. The number of H-pyrrole nitrogens is 1. The number of nitrogens with zero attached hydrogens (tertiary/aromatic N) is 3. The van der Waals surface area contributed by atoms with Crippen LogP contribution in [0.2, 0.25) is 0 Å². The van der Waals surface area contributed by atoms with Gasteiger partial charge in [-0.2, -0.15) is 0 Å². The molecule has 1 N–H and O–H groups in total. The molecule has 0 bridgehead atoms. The van der Waals surface area contributed by atoms with Crippen molar-refractivity contribution >= 4 is 16.6 Å². The molecule has 3 heterocycles. The van der Waals surface area contributed by atoms with Crippen molar-refractivity contribution in [2.24, 2.45) is 5.92 Å². The second kappa shape index (κ2) is 10.7. The summed E-state index contributed by atoms with van der Waals surface area (Å²) < 4.78 is 13.7. The number of aromatic nitrogens is 1. The van der Waals surface area contributed by atoms with E-state index in [2.05, 4.69) is 64.7 Å². The standard InChI is InChI=1S/C33H45FN4/c1-24(2)36-17-19-38(20-18-36)33(12-4-13-33)14-9-26-10-15-37(16-11-26)29-7-5-25(3)30(23-29)32-22-27-21-28(34)6-8-31(27)35-32/h5-8,21-24,26,35H,4,9-20H2,1-3H3. The molecule has 1 aliphatic carbocycles. The van der Waals surface area contributed by atoms with Gasteiger partial charge in [0.2, 0.25) is 0 Å². The summed E-state index contributed by atoms with van der Waals surface area (Å²) in [5.41, 5.74) is 6.33. The van der Waals surface area contributed by atoms with Gasteiger partial charge in [-0.05, 0) is 114 Å². The molecule has 38 heavy (non-hydrogen) atoms. The quantitative estimate of drug-likeness (QED) is 0.359. The first-order chi connectivity index (χ1) is 18.4. The fraction of sp³-hybridized carbons (Fsp3) is 0.576. The molecule has 3 aliphatic rings. The number of rotatable bonds is 7. The van der Waals surface area contributed by atoms with Gasteiger partial charge in [0.25, 0.3) is 0 Å². The number of aryl methyl sites for hydroxylation is 1. The Hall–Kier alpha value is -2.37. The van der Waals surface area contributed by atoms with Gasteiger partial charge >= 0.3 is 0 Å². The van der Waals surface area contributed by atoms with Crippen molar-refractivity contribution in [1.82, 2.24) is 14.8 Å². The molecule has 1 saturated carbocycles. The van der Waals surface area contributed by atoms with Gasteiger partial charge in [0, 0.05) is 78.7 Å². The lowest BCUT2D eigenvalue weighted by molar-refractivity contribution is -0.0334. The van der Waals surface area contributed by atoms with Gasteiger partial charge < -0.3 is 9.88 Å². The van der Waals surface area contributed by atoms with E-state index >= 15 is 0 Å². The highest BCUT2D eigenvalue weighted by Crippen LogP contribution is 2.44. The van der Waals surface area contributed by atoms with Gasteiger partial charge in [0.1, 0.15) is 5.82 Å². The summed E-state index contributed by atoms with van der Waals surface area (Å²) in [4.78, 5) is 11.6. The third-order valence-corrected chi connectivity index (χ3v) is 10.1. The van der Waals surface area contributed by atoms with Crippen LogP contribution in [0.1, 0.15) is 64.4 Å². The number of fused-ring (bicyclic) bond motifs is 1. The van der Waals surface area contributed by atoms with Crippen LogP contribution in [0, 0.1) is 18.7 Å². The van der Waals surface area contributed by atoms with Crippen LogP contribution >= 0.6 is 0 Å². The van der Waals surface area contributed by atoms with Crippen LogP contribution < -0.4 is 4.90 Å². The molecule has 3 aromatic rings. The van der Waals surface area contributed by atoms with E-state index in [4.69, 9.17) is 0 Å². The van der Waals surface area contributed by atoms with E-state index in [9.17, 15) is 4.39 Å². The molecule has 204 valence electrons. The normalized spacial score (nSPS) is 21.3. The maximum Gasteiger partial charge on any atom is 0.123 e. The minimum Gasteiger partial charge on any atom is -0.371 e. The lowest BCUT2D eigenvalue weighted by Crippen LogP contribution is -2.61. The molecule has 0 unspecified atom stereocenters. The van der Waals surface area contributed by atoms with Crippen molar-refractivity contribution < 1.29 is 4.39 Å². The summed E-state index contributed by atoms with van der Waals surface area (Å²) in [5, 5.41) is 0.927. The molecule has 4 nitrogen and oxygen atoms in total. The van der Waals surface area contributed by atoms with Crippen LogP contribution in [0.25, 0.3) is 22.2 Å². The highest BCUT2D eigenvalue weighted by atomic mass is 19.1. The smallest absolute Gasteiger partial charge is 0.123 e. The summed E-state index contributed by atoms with van der Waals surface area (Å²) in [6.45, 7) is 14.1. The molecule has 0 radical (unpaired) electrons. The van der Waals surface area contributed by atoms with Gasteiger partial charge in [0.15, 0.2) is 0 Å². The molecule has 2 saturated heterocycles. The van der Waals surface area contributed by atoms with Gasteiger partial charge in [-0.25, -0.2) is 4.39 Å². The Bertz CT molecular complexity index is 1240. The fourth-order valence-corrected chi connectivity index (χ4v) is 7.32. The zero-order chi connectivity index (χ0) is 26.3. The lowest BCUT2D eigenvalue weighted by atomic mass is 9.70. The van der Waals surface area contributed by atoms with Crippen molar-refractivity contribution in [3.05, 3.63) is 53.8 Å². The second-order valence-corrected chi connectivity index (χ2v) is 12.6. The SMILES string of the molecule is Cc1ccc(N2CCC(CCC3(N4CCN(C(C)C)CC4)CCC3)CC2)cc1-c1cc2cc(F)ccc2[nH]1. The molecule has 2 aromatic carbocycles. The van der Waals surface area contributed by atoms with Gasteiger partial charge in [-0.3, -0.25) is 9.80 Å². The summed E-state index contributed by atoms with van der Waals surface area (Å²) in [5.74, 6) is 0.669. The third kappa shape index (κ3) is 5.12. The van der Waals surface area contributed by atoms with Crippen LogP contribution in [0.4, 0.5) is 10.1 Å². The maximum absolute atomic E-state index is 13.7. The number of piperazine rings is 1. The Labute approximate surface area is 228 Å². The highest BCUT2D eigenvalue weighted by Gasteiger charge is 2.43. The van der Waals surface area contributed by atoms with E-state index < -0.39 is 0 Å². The van der Waals surface area contributed by atoms with Crippen molar-refractivity contribution in [2.75, 3.05) is 44.2 Å². The molecule has 0 spiro atoms. The minimum atomic E-state index is -0.187. The Morgan fingerprint density at radius 3 is 2.39 bits per heavy atom. The number of hydrogen-bond acceptors (Lipinski definition) is 3. The number of halogens is 1. The Kier molecular flexibility index (Phi) is 7.26. The first kappa shape index (κ1) is 25.9. The number of aromatic amines is 1. The predicted octanol–water partition coefficient (Wildman–Crippen LogP) is 7.23. The molecule has 1 aromatic heterocycles. The molecule has 6 rings (SSSR count). The average Bonchev–Trinajstić information content (AvgIpc) is 3.32. The Morgan fingerprint density at radius 2 is 1.71 bits per heavy atom. The van der Waals surface area contributed by atoms with E-state index in [0.717, 1.165) is 35.6 Å². The fourth-order valence-electron chi connectivity index (χ4n) is 7.32. The Balaban J connectivity index is 1.06. The van der Waals surface area contributed by atoms with E-state index in [0.29, 0.717) is 11.6 Å². The van der Waals surface area contributed by atoms with E-state index in [1.54, 1.807) is 6.07 Å². The summed E-state index contributed by atoms with van der Waals surface area (Å²) in [7, 11) is 0. The van der Waals surface area contributed by atoms with Crippen LogP contribution in [0.15, 0.2) is 42.5 Å². The van der Waals surface area contributed by atoms with Crippen LogP contribution in [-0.4, -0.2) is 65.6 Å². The topological polar surface area (TPSA) is 25.5 Å². The van der Waals surface area contributed by atoms with E-state index in [1.807, 2.05) is 6.07 Å². The first-order valence-corrected chi connectivity index (χ1v) is 15.0. The zero-order valence-electron chi connectivity index (χ0n) is 23.6. The Morgan fingerprint density at radius 1 is 0.947 bits per heavy atom. The first-order valence-electron chi connectivity index (χ1n) is 15.0. The molecule has 5 heteroatoms. The van der Waals surface area contributed by atoms with Gasteiger partial charge in [-0.15, -0.1) is 0 Å². The molecule has 0 amide bonds. The molecular formula is C33H45FN4. The van der Waals surface area contributed by atoms with Crippen molar-refractivity contribution in [2.45, 2.75) is 77.3 Å². The zero-order valence-corrected chi connectivity index (χ0v) is 23.6. The lowest BCUT2D eigenvalue weighted by Gasteiger charge is -2.54. The summed E-state index contributed by atoms with van der Waals surface area (Å²) >= 11 is 0. The van der Waals surface area contributed by atoms with Crippen molar-refractivity contribution in [1.29, 1.82) is 0 Å². The monoisotopic (exact) mass is 516 g/mol. The summed E-state index contributed by atoms with van der Waals surface area (Å²) in [6, 6.07) is 14.6. The molecular weight excluding hydrogens is 471 g/mol. The molecule has 2 aliphatic heterocycles. The van der Waals surface area contributed by atoms with Crippen LogP contribution in [0.5, 0.6) is 0 Å². The van der Waals surface area contributed by atoms with Crippen molar-refractivity contribution in [3.8, 4) is 11.3 Å². The highest BCUT2D eigenvalue weighted by molar-refractivity contribution is 5.87. The van der Waals surface area contributed by atoms with Crippen LogP contribution in [-0.2, 0) is 0 Å². The average molecular weight is 517 g/mol. The molecule has 0 atom stereocenters. The number of piperidine rings is 1.